The van der Waals surface area contributed by atoms with Gasteiger partial charge in [0.15, 0.2) is 0 Å². The largest absolute Gasteiger partial charge is 0.310 e. The molecular weight excluding hydrogens is 252 g/mol. The predicted molar refractivity (Wildman–Crippen MR) is 80.6 cm³/mol. The third-order valence-corrected chi connectivity index (χ3v) is 4.58. The van der Waals surface area contributed by atoms with Crippen molar-refractivity contribution in [1.29, 1.82) is 0 Å². The van der Waals surface area contributed by atoms with Gasteiger partial charge in [-0.25, -0.2) is 0 Å². The molecule has 20 heavy (non-hydrogen) atoms. The van der Waals surface area contributed by atoms with Gasteiger partial charge >= 0.3 is 0 Å². The highest BCUT2D eigenvalue weighted by Crippen LogP contribution is 2.30. The number of nitro benzene ring substituents is 1. The first-order valence-corrected chi connectivity index (χ1v) is 7.56. The van der Waals surface area contributed by atoms with Crippen LogP contribution in [0, 0.1) is 22.0 Å². The topological polar surface area (TPSA) is 55.2 Å². The van der Waals surface area contributed by atoms with Crippen LogP contribution in [0.1, 0.15) is 51.1 Å². The smallest absolute Gasteiger partial charge is 0.274 e. The van der Waals surface area contributed by atoms with Gasteiger partial charge in [-0.1, -0.05) is 44.4 Å². The fraction of sp³-hybridized carbons (Fsp3) is 0.625. The van der Waals surface area contributed by atoms with Gasteiger partial charge in [0.25, 0.3) is 5.69 Å². The molecule has 2 rings (SSSR count). The Morgan fingerprint density at radius 1 is 1.35 bits per heavy atom. The minimum atomic E-state index is -0.295. The molecule has 4 heteroatoms. The first-order valence-electron chi connectivity index (χ1n) is 7.56. The lowest BCUT2D eigenvalue weighted by atomic mass is 9.80. The second kappa shape index (κ2) is 6.84. The van der Waals surface area contributed by atoms with E-state index in [1.807, 2.05) is 19.1 Å². The SMILES string of the molecule is CC(NCC1CCCCC1C)c1ccccc1[N+](=O)[O-]. The third-order valence-electron chi connectivity index (χ3n) is 4.58. The van der Waals surface area contributed by atoms with Crippen molar-refractivity contribution in [2.45, 2.75) is 45.6 Å². The number of rotatable bonds is 5. The summed E-state index contributed by atoms with van der Waals surface area (Å²) in [5.74, 6) is 1.46. The van der Waals surface area contributed by atoms with Gasteiger partial charge in [-0.2, -0.15) is 0 Å². The number of nitro groups is 1. The minimum Gasteiger partial charge on any atom is -0.310 e. The Labute approximate surface area is 120 Å². The fourth-order valence-corrected chi connectivity index (χ4v) is 3.15. The van der Waals surface area contributed by atoms with E-state index in [1.54, 1.807) is 12.1 Å². The highest BCUT2D eigenvalue weighted by atomic mass is 16.6. The van der Waals surface area contributed by atoms with E-state index in [0.717, 1.165) is 18.0 Å². The summed E-state index contributed by atoms with van der Waals surface area (Å²) in [5.41, 5.74) is 0.991. The van der Waals surface area contributed by atoms with E-state index in [4.69, 9.17) is 0 Å². The van der Waals surface area contributed by atoms with Gasteiger partial charge in [-0.15, -0.1) is 0 Å². The molecule has 1 aromatic carbocycles. The van der Waals surface area contributed by atoms with Crippen molar-refractivity contribution in [3.63, 3.8) is 0 Å². The summed E-state index contributed by atoms with van der Waals surface area (Å²) in [7, 11) is 0. The fourth-order valence-electron chi connectivity index (χ4n) is 3.15. The van der Waals surface area contributed by atoms with E-state index >= 15 is 0 Å². The number of para-hydroxylation sites is 1. The van der Waals surface area contributed by atoms with E-state index in [0.29, 0.717) is 5.92 Å². The Bertz CT molecular complexity index is 462. The first-order chi connectivity index (χ1) is 9.59. The summed E-state index contributed by atoms with van der Waals surface area (Å²) in [4.78, 5) is 10.8. The van der Waals surface area contributed by atoms with Crippen LogP contribution in [-0.4, -0.2) is 11.5 Å². The maximum atomic E-state index is 11.1. The van der Waals surface area contributed by atoms with E-state index < -0.39 is 0 Å². The molecule has 0 spiro atoms. The van der Waals surface area contributed by atoms with Crippen LogP contribution in [0.3, 0.4) is 0 Å². The maximum absolute atomic E-state index is 11.1. The molecule has 1 saturated carbocycles. The molecule has 0 saturated heterocycles. The Hall–Kier alpha value is -1.42. The van der Waals surface area contributed by atoms with Gasteiger partial charge in [0.1, 0.15) is 0 Å². The Morgan fingerprint density at radius 2 is 2.05 bits per heavy atom. The summed E-state index contributed by atoms with van der Waals surface area (Å²) < 4.78 is 0. The van der Waals surface area contributed by atoms with Crippen LogP contribution in [0.4, 0.5) is 5.69 Å². The molecule has 1 aliphatic rings. The van der Waals surface area contributed by atoms with Crippen molar-refractivity contribution in [1.82, 2.24) is 5.32 Å². The van der Waals surface area contributed by atoms with E-state index in [1.165, 1.54) is 25.7 Å². The molecule has 0 aliphatic heterocycles. The molecule has 3 unspecified atom stereocenters. The molecule has 0 heterocycles. The van der Waals surface area contributed by atoms with Gasteiger partial charge in [-0.05, 0) is 31.7 Å². The molecule has 0 bridgehead atoms. The van der Waals surface area contributed by atoms with Crippen molar-refractivity contribution >= 4 is 5.69 Å². The average Bonchev–Trinajstić information content (AvgIpc) is 2.46. The van der Waals surface area contributed by atoms with E-state index in [2.05, 4.69) is 12.2 Å². The van der Waals surface area contributed by atoms with Gasteiger partial charge in [0.05, 0.1) is 4.92 Å². The normalized spacial score (nSPS) is 24.3. The number of nitrogens with zero attached hydrogens (tertiary/aromatic N) is 1. The number of nitrogens with one attached hydrogen (secondary N) is 1. The van der Waals surface area contributed by atoms with Crippen molar-refractivity contribution in [3.05, 3.63) is 39.9 Å². The van der Waals surface area contributed by atoms with Crippen LogP contribution >= 0.6 is 0 Å². The molecule has 3 atom stereocenters. The molecule has 0 amide bonds. The summed E-state index contributed by atoms with van der Waals surface area (Å²) in [6.07, 6.45) is 5.25. The van der Waals surface area contributed by atoms with Gasteiger partial charge in [0.2, 0.25) is 0 Å². The molecule has 1 N–H and O–H groups in total. The van der Waals surface area contributed by atoms with Crippen LogP contribution < -0.4 is 5.32 Å². The van der Waals surface area contributed by atoms with Crippen molar-refractivity contribution in [2.75, 3.05) is 6.54 Å². The Balaban J connectivity index is 1.98. The molecule has 4 nitrogen and oxygen atoms in total. The Kier molecular flexibility index (Phi) is 5.12. The first kappa shape index (κ1) is 15.0. The zero-order valence-corrected chi connectivity index (χ0v) is 12.3. The zero-order chi connectivity index (χ0) is 14.5. The quantitative estimate of drug-likeness (QED) is 0.651. The molecule has 1 aromatic rings. The molecule has 0 aromatic heterocycles. The van der Waals surface area contributed by atoms with Crippen molar-refractivity contribution in [2.24, 2.45) is 11.8 Å². The lowest BCUT2D eigenvalue weighted by Crippen LogP contribution is -2.31. The second-order valence-corrected chi connectivity index (χ2v) is 5.97. The lowest BCUT2D eigenvalue weighted by Gasteiger charge is -2.30. The van der Waals surface area contributed by atoms with Crippen LogP contribution in [0.25, 0.3) is 0 Å². The van der Waals surface area contributed by atoms with Crippen LogP contribution in [0.5, 0.6) is 0 Å². The Morgan fingerprint density at radius 3 is 2.75 bits per heavy atom. The monoisotopic (exact) mass is 276 g/mol. The van der Waals surface area contributed by atoms with E-state index in [-0.39, 0.29) is 16.7 Å². The lowest BCUT2D eigenvalue weighted by molar-refractivity contribution is -0.385. The third kappa shape index (κ3) is 3.57. The highest BCUT2D eigenvalue weighted by Gasteiger charge is 2.23. The molecule has 110 valence electrons. The molecule has 1 aliphatic carbocycles. The summed E-state index contributed by atoms with van der Waals surface area (Å²) in [6.45, 7) is 5.28. The van der Waals surface area contributed by atoms with Gasteiger partial charge < -0.3 is 5.32 Å². The van der Waals surface area contributed by atoms with Crippen LogP contribution in [0.15, 0.2) is 24.3 Å². The second-order valence-electron chi connectivity index (χ2n) is 5.97. The average molecular weight is 276 g/mol. The summed E-state index contributed by atoms with van der Waals surface area (Å²) >= 11 is 0. The van der Waals surface area contributed by atoms with Crippen LogP contribution in [0.2, 0.25) is 0 Å². The standard InChI is InChI=1S/C16H24N2O2/c1-12-7-3-4-8-14(12)11-17-13(2)15-9-5-6-10-16(15)18(19)20/h5-6,9-10,12-14,17H,3-4,7-8,11H2,1-2H3. The summed E-state index contributed by atoms with van der Waals surface area (Å²) in [6, 6.07) is 7.03. The van der Waals surface area contributed by atoms with Crippen molar-refractivity contribution < 1.29 is 4.92 Å². The van der Waals surface area contributed by atoms with Gasteiger partial charge in [0, 0.05) is 17.7 Å². The summed E-state index contributed by atoms with van der Waals surface area (Å²) in [5, 5.41) is 14.6. The maximum Gasteiger partial charge on any atom is 0.274 e. The number of hydrogen-bond acceptors (Lipinski definition) is 3. The van der Waals surface area contributed by atoms with Crippen LogP contribution in [-0.2, 0) is 0 Å². The van der Waals surface area contributed by atoms with Gasteiger partial charge in [-0.3, -0.25) is 10.1 Å². The molecule has 1 fully saturated rings. The predicted octanol–water partition coefficient (Wildman–Crippen LogP) is 4.07. The van der Waals surface area contributed by atoms with Crippen molar-refractivity contribution in [3.8, 4) is 0 Å². The number of hydrogen-bond donors (Lipinski definition) is 1. The molecular formula is C16H24N2O2. The minimum absolute atomic E-state index is 0.0192. The number of benzene rings is 1. The highest BCUT2D eigenvalue weighted by molar-refractivity contribution is 5.41. The zero-order valence-electron chi connectivity index (χ0n) is 12.3. The molecule has 0 radical (unpaired) electrons. The van der Waals surface area contributed by atoms with E-state index in [9.17, 15) is 10.1 Å².